The Balaban J connectivity index is 1.95. The fourth-order valence-electron chi connectivity index (χ4n) is 2.95. The van der Waals surface area contributed by atoms with Crippen molar-refractivity contribution in [3.8, 4) is 0 Å². The maximum absolute atomic E-state index is 12.5. The van der Waals surface area contributed by atoms with Crippen molar-refractivity contribution in [1.29, 1.82) is 0 Å². The van der Waals surface area contributed by atoms with Gasteiger partial charge in [0.15, 0.2) is 5.78 Å². The smallest absolute Gasteiger partial charge is 0.238 e. The number of benzene rings is 1. The van der Waals surface area contributed by atoms with Crippen LogP contribution in [0.3, 0.4) is 0 Å². The number of nitrogens with one attached hydrogen (secondary N) is 1. The average molecular weight is 362 g/mol. The maximum Gasteiger partial charge on any atom is 0.238 e. The van der Waals surface area contributed by atoms with Gasteiger partial charge in [-0.15, -0.1) is 0 Å². The summed E-state index contributed by atoms with van der Waals surface area (Å²) < 4.78 is 2.11. The van der Waals surface area contributed by atoms with Crippen molar-refractivity contribution in [3.05, 3.63) is 52.3 Å². The van der Waals surface area contributed by atoms with Gasteiger partial charge in [-0.25, -0.2) is 0 Å². The number of hydrogen-bond acceptors (Lipinski definition) is 3. The minimum absolute atomic E-state index is 0.0147. The van der Waals surface area contributed by atoms with Crippen LogP contribution in [0.15, 0.2) is 30.3 Å². The number of anilines is 1. The molecule has 6 heteroatoms. The summed E-state index contributed by atoms with van der Waals surface area (Å²) in [5.74, 6) is -0.191. The molecule has 0 aliphatic heterocycles. The summed E-state index contributed by atoms with van der Waals surface area (Å²) in [7, 11) is 1.75. The van der Waals surface area contributed by atoms with Crippen molar-refractivity contribution >= 4 is 29.0 Å². The zero-order chi connectivity index (χ0) is 18.6. The van der Waals surface area contributed by atoms with Gasteiger partial charge in [-0.2, -0.15) is 0 Å². The van der Waals surface area contributed by atoms with E-state index in [1.807, 2.05) is 19.9 Å². The van der Waals surface area contributed by atoms with E-state index < -0.39 is 0 Å². The molecule has 0 atom stereocenters. The molecule has 2 rings (SSSR count). The fraction of sp³-hybridized carbons (Fsp3) is 0.368. The second-order valence-corrected chi connectivity index (χ2v) is 6.56. The number of likely N-dealkylation sites (N-methyl/N-ethyl adjacent to an activating group) is 1. The number of para-hydroxylation sites is 1. The lowest BCUT2D eigenvalue weighted by Crippen LogP contribution is -2.34. The summed E-state index contributed by atoms with van der Waals surface area (Å²) >= 11 is 6.03. The number of ketones is 1. The summed E-state index contributed by atoms with van der Waals surface area (Å²) in [5, 5.41) is 3.25. The van der Waals surface area contributed by atoms with Gasteiger partial charge in [-0.05, 0) is 46.0 Å². The lowest BCUT2D eigenvalue weighted by atomic mass is 10.1. The van der Waals surface area contributed by atoms with E-state index in [9.17, 15) is 9.59 Å². The van der Waals surface area contributed by atoms with Crippen molar-refractivity contribution < 1.29 is 9.59 Å². The lowest BCUT2D eigenvalue weighted by molar-refractivity contribution is -0.116. The summed E-state index contributed by atoms with van der Waals surface area (Å²) in [6.07, 6.45) is 0. The molecule has 1 aromatic carbocycles. The van der Waals surface area contributed by atoms with E-state index in [-0.39, 0.29) is 24.8 Å². The SMILES string of the molecule is CCn1c(C)cc(C(=O)CN(C)CC(=O)Nc2ccccc2Cl)c1C. The number of hydrogen-bond donors (Lipinski definition) is 1. The van der Waals surface area contributed by atoms with Crippen LogP contribution in [-0.4, -0.2) is 41.3 Å². The Labute approximate surface area is 153 Å². The molecule has 1 amide bonds. The van der Waals surface area contributed by atoms with Gasteiger partial charge in [0, 0.05) is 23.5 Å². The van der Waals surface area contributed by atoms with Gasteiger partial charge in [0.2, 0.25) is 5.91 Å². The van der Waals surface area contributed by atoms with E-state index in [1.54, 1.807) is 36.2 Å². The number of carbonyl (C=O) groups excluding carboxylic acids is 2. The first-order valence-electron chi connectivity index (χ1n) is 8.26. The number of rotatable bonds is 7. The van der Waals surface area contributed by atoms with Crippen molar-refractivity contribution in [1.82, 2.24) is 9.47 Å². The number of nitrogens with zero attached hydrogens (tertiary/aromatic N) is 2. The minimum atomic E-state index is -0.206. The lowest BCUT2D eigenvalue weighted by Gasteiger charge is -2.16. The Hall–Kier alpha value is -2.11. The maximum atomic E-state index is 12.5. The van der Waals surface area contributed by atoms with Crippen LogP contribution < -0.4 is 5.32 Å². The molecule has 0 saturated heterocycles. The molecule has 0 fully saturated rings. The molecule has 5 nitrogen and oxygen atoms in total. The second kappa shape index (κ2) is 8.32. The number of carbonyl (C=O) groups is 2. The standard InChI is InChI=1S/C19H24ClN3O2/c1-5-23-13(2)10-15(14(23)3)18(24)11-22(4)12-19(25)21-17-9-7-6-8-16(17)20/h6-10H,5,11-12H2,1-4H3,(H,21,25). The molecular weight excluding hydrogens is 338 g/mol. The van der Waals surface area contributed by atoms with Gasteiger partial charge in [0.1, 0.15) is 0 Å². The molecule has 25 heavy (non-hydrogen) atoms. The molecule has 2 aromatic rings. The monoisotopic (exact) mass is 361 g/mol. The molecule has 1 heterocycles. The quantitative estimate of drug-likeness (QED) is 0.767. The highest BCUT2D eigenvalue weighted by Crippen LogP contribution is 2.20. The van der Waals surface area contributed by atoms with Crippen LogP contribution in [-0.2, 0) is 11.3 Å². The third kappa shape index (κ3) is 4.71. The zero-order valence-electron chi connectivity index (χ0n) is 15.1. The first kappa shape index (κ1) is 19.2. The molecule has 0 unspecified atom stereocenters. The first-order valence-corrected chi connectivity index (χ1v) is 8.64. The Bertz CT molecular complexity index is 783. The molecule has 1 N–H and O–H groups in total. The van der Waals surface area contributed by atoms with Gasteiger partial charge < -0.3 is 9.88 Å². The van der Waals surface area contributed by atoms with Crippen LogP contribution in [0.5, 0.6) is 0 Å². The average Bonchev–Trinajstić information content (AvgIpc) is 2.83. The third-order valence-electron chi connectivity index (χ3n) is 4.17. The molecule has 0 radical (unpaired) electrons. The van der Waals surface area contributed by atoms with E-state index in [0.29, 0.717) is 10.7 Å². The Morgan fingerprint density at radius 1 is 1.20 bits per heavy atom. The fourth-order valence-corrected chi connectivity index (χ4v) is 3.14. The van der Waals surface area contributed by atoms with Gasteiger partial charge >= 0.3 is 0 Å². The Morgan fingerprint density at radius 2 is 1.88 bits per heavy atom. The van der Waals surface area contributed by atoms with Crippen LogP contribution in [0, 0.1) is 13.8 Å². The summed E-state index contributed by atoms with van der Waals surface area (Å²) in [5.41, 5.74) is 3.33. The van der Waals surface area contributed by atoms with Crippen molar-refractivity contribution in [2.75, 3.05) is 25.5 Å². The summed E-state index contributed by atoms with van der Waals surface area (Å²) in [6, 6.07) is 8.98. The summed E-state index contributed by atoms with van der Waals surface area (Å²) in [4.78, 5) is 26.4. The van der Waals surface area contributed by atoms with Crippen molar-refractivity contribution in [2.45, 2.75) is 27.3 Å². The van der Waals surface area contributed by atoms with Crippen LogP contribution in [0.4, 0.5) is 5.69 Å². The number of aryl methyl sites for hydroxylation is 1. The van der Waals surface area contributed by atoms with Crippen LogP contribution in [0.1, 0.15) is 28.7 Å². The van der Waals surface area contributed by atoms with Crippen molar-refractivity contribution in [2.24, 2.45) is 0 Å². The first-order chi connectivity index (χ1) is 11.8. The van der Waals surface area contributed by atoms with E-state index in [4.69, 9.17) is 11.6 Å². The van der Waals surface area contributed by atoms with E-state index in [1.165, 1.54) is 0 Å². The molecule has 0 saturated carbocycles. The third-order valence-corrected chi connectivity index (χ3v) is 4.49. The highest BCUT2D eigenvalue weighted by Gasteiger charge is 2.18. The Kier molecular flexibility index (Phi) is 6.39. The highest BCUT2D eigenvalue weighted by atomic mass is 35.5. The zero-order valence-corrected chi connectivity index (χ0v) is 15.9. The molecule has 0 bridgehead atoms. The van der Waals surface area contributed by atoms with Gasteiger partial charge in [-0.1, -0.05) is 23.7 Å². The number of halogens is 1. The topological polar surface area (TPSA) is 54.3 Å². The van der Waals surface area contributed by atoms with Gasteiger partial charge in [-0.3, -0.25) is 14.5 Å². The van der Waals surface area contributed by atoms with E-state index in [0.717, 1.165) is 23.5 Å². The summed E-state index contributed by atoms with van der Waals surface area (Å²) in [6.45, 7) is 7.13. The van der Waals surface area contributed by atoms with Crippen LogP contribution >= 0.6 is 11.6 Å². The predicted molar refractivity (Wildman–Crippen MR) is 101 cm³/mol. The normalized spacial score (nSPS) is 11.0. The number of amides is 1. The van der Waals surface area contributed by atoms with Crippen LogP contribution in [0.25, 0.3) is 0 Å². The molecule has 1 aromatic heterocycles. The predicted octanol–water partition coefficient (Wildman–Crippen LogP) is 3.53. The largest absolute Gasteiger partial charge is 0.349 e. The second-order valence-electron chi connectivity index (χ2n) is 6.15. The molecule has 0 spiro atoms. The highest BCUT2D eigenvalue weighted by molar-refractivity contribution is 6.33. The van der Waals surface area contributed by atoms with Crippen molar-refractivity contribution in [3.63, 3.8) is 0 Å². The van der Waals surface area contributed by atoms with E-state index >= 15 is 0 Å². The molecule has 0 aliphatic carbocycles. The molecule has 134 valence electrons. The minimum Gasteiger partial charge on any atom is -0.349 e. The van der Waals surface area contributed by atoms with Gasteiger partial charge in [0.05, 0.1) is 23.8 Å². The molecule has 0 aliphatic rings. The molecular formula is C19H24ClN3O2. The Morgan fingerprint density at radius 3 is 2.48 bits per heavy atom. The van der Waals surface area contributed by atoms with Gasteiger partial charge in [0.25, 0.3) is 0 Å². The van der Waals surface area contributed by atoms with Crippen LogP contribution in [0.2, 0.25) is 5.02 Å². The van der Waals surface area contributed by atoms with E-state index in [2.05, 4.69) is 16.8 Å². The number of Topliss-reactive ketones (excluding diaryl/α,β-unsaturated/α-hetero) is 1. The number of aromatic nitrogens is 1.